The Kier molecular flexibility index (Phi) is 4.28. The maximum atomic E-state index is 5.76. The van der Waals surface area contributed by atoms with Crippen LogP contribution in [0.3, 0.4) is 0 Å². The Hall–Kier alpha value is -2.60. The zero-order chi connectivity index (χ0) is 17.2. The normalized spacial score (nSPS) is 17.8. The number of aryl methyl sites for hydroxylation is 1. The zero-order valence-electron chi connectivity index (χ0n) is 14.6. The van der Waals surface area contributed by atoms with Gasteiger partial charge in [0.1, 0.15) is 0 Å². The number of imidazole rings is 1. The zero-order valence-corrected chi connectivity index (χ0v) is 14.6. The summed E-state index contributed by atoms with van der Waals surface area (Å²) in [4.78, 5) is 7.66. The van der Waals surface area contributed by atoms with Gasteiger partial charge in [0.2, 0.25) is 5.95 Å². The van der Waals surface area contributed by atoms with Crippen molar-refractivity contribution in [3.8, 4) is 0 Å². The van der Waals surface area contributed by atoms with Crippen LogP contribution in [0.4, 0.5) is 5.95 Å². The lowest BCUT2D eigenvalue weighted by Crippen LogP contribution is -2.16. The van der Waals surface area contributed by atoms with Gasteiger partial charge in [-0.25, -0.2) is 10.4 Å². The summed E-state index contributed by atoms with van der Waals surface area (Å²) in [5.41, 5.74) is 8.46. The fraction of sp³-hybridized carbons (Fsp3) is 0.368. The molecule has 0 amide bonds. The Labute approximate surface area is 146 Å². The second kappa shape index (κ2) is 6.72. The molecule has 0 spiro atoms. The van der Waals surface area contributed by atoms with E-state index in [1.807, 2.05) is 30.5 Å². The van der Waals surface area contributed by atoms with Crippen molar-refractivity contribution in [2.75, 3.05) is 12.0 Å². The number of aromatic nitrogens is 3. The predicted molar refractivity (Wildman–Crippen MR) is 100 cm³/mol. The third kappa shape index (κ3) is 3.30. The van der Waals surface area contributed by atoms with E-state index in [2.05, 4.69) is 45.0 Å². The summed E-state index contributed by atoms with van der Waals surface area (Å²) in [7, 11) is 0. The average Bonchev–Trinajstić information content (AvgIpc) is 3.31. The van der Waals surface area contributed by atoms with E-state index in [4.69, 9.17) is 4.74 Å². The maximum absolute atomic E-state index is 5.76. The molecule has 1 aromatic carbocycles. The molecule has 1 aliphatic rings. The molecule has 6 nitrogen and oxygen atoms in total. The van der Waals surface area contributed by atoms with Crippen LogP contribution in [0, 0.1) is 13.8 Å². The first-order valence-electron chi connectivity index (χ1n) is 8.73. The molecule has 0 radical (unpaired) electrons. The third-order valence-electron chi connectivity index (χ3n) is 4.79. The van der Waals surface area contributed by atoms with Crippen molar-refractivity contribution in [3.05, 3.63) is 47.3 Å². The van der Waals surface area contributed by atoms with E-state index in [-0.39, 0.29) is 0 Å². The monoisotopic (exact) mass is 337 g/mol. The van der Waals surface area contributed by atoms with Crippen molar-refractivity contribution in [2.24, 2.45) is 5.10 Å². The molecule has 130 valence electrons. The lowest BCUT2D eigenvalue weighted by atomic mass is 10.2. The molecule has 0 bridgehead atoms. The van der Waals surface area contributed by atoms with Crippen LogP contribution in [-0.2, 0) is 11.3 Å². The Morgan fingerprint density at radius 3 is 3.08 bits per heavy atom. The number of nitrogens with one attached hydrogen (secondary N) is 2. The number of hydrazone groups is 1. The molecular formula is C19H23N5O. The molecule has 1 fully saturated rings. The van der Waals surface area contributed by atoms with Crippen LogP contribution in [0.1, 0.15) is 29.8 Å². The topological polar surface area (TPSA) is 67.2 Å². The molecule has 25 heavy (non-hydrogen) atoms. The van der Waals surface area contributed by atoms with Gasteiger partial charge < -0.3 is 14.3 Å². The molecule has 3 aromatic rings. The third-order valence-corrected chi connectivity index (χ3v) is 4.79. The number of H-pyrrole nitrogens is 1. The molecule has 3 heterocycles. The number of ether oxygens (including phenoxy) is 1. The summed E-state index contributed by atoms with van der Waals surface area (Å²) in [6.07, 6.45) is 4.50. The number of benzene rings is 1. The quantitative estimate of drug-likeness (QED) is 0.552. The number of aromatic amines is 1. The summed E-state index contributed by atoms with van der Waals surface area (Å²) in [6, 6.07) is 10.1. The smallest absolute Gasteiger partial charge is 0.222 e. The van der Waals surface area contributed by atoms with Gasteiger partial charge in [-0.1, -0.05) is 12.1 Å². The molecule has 2 aromatic heterocycles. The molecule has 0 saturated carbocycles. The largest absolute Gasteiger partial charge is 0.376 e. The first-order valence-corrected chi connectivity index (χ1v) is 8.73. The highest BCUT2D eigenvalue weighted by Crippen LogP contribution is 2.19. The lowest BCUT2D eigenvalue weighted by molar-refractivity contribution is 0.0962. The van der Waals surface area contributed by atoms with Crippen molar-refractivity contribution in [3.63, 3.8) is 0 Å². The number of hydrogen-bond acceptors (Lipinski definition) is 4. The predicted octanol–water partition coefficient (Wildman–Crippen LogP) is 3.61. The molecule has 1 saturated heterocycles. The standard InChI is InChI=1S/C19H23N5O/c1-13-10-15(14(2)24(13)12-16-6-5-9-25-16)11-20-23-19-21-17-7-3-4-8-18(17)22-19/h3-4,7-8,10-11,16H,5-6,9,12H2,1-2H3,(H2,21,22,23)/b20-11-/t16-/m1/s1. The van der Waals surface area contributed by atoms with E-state index in [9.17, 15) is 0 Å². The number of para-hydroxylation sites is 2. The van der Waals surface area contributed by atoms with Crippen LogP contribution < -0.4 is 5.43 Å². The minimum absolute atomic E-state index is 0.336. The molecule has 1 atom stereocenters. The molecule has 4 rings (SSSR count). The highest BCUT2D eigenvalue weighted by Gasteiger charge is 2.18. The minimum atomic E-state index is 0.336. The fourth-order valence-corrected chi connectivity index (χ4v) is 3.40. The second-order valence-electron chi connectivity index (χ2n) is 6.54. The van der Waals surface area contributed by atoms with Crippen LogP contribution in [0.2, 0.25) is 0 Å². The van der Waals surface area contributed by atoms with Crippen LogP contribution in [-0.4, -0.2) is 33.5 Å². The Morgan fingerprint density at radius 1 is 1.40 bits per heavy atom. The summed E-state index contributed by atoms with van der Waals surface area (Å²) >= 11 is 0. The summed E-state index contributed by atoms with van der Waals surface area (Å²) in [6.45, 7) is 6.07. The second-order valence-corrected chi connectivity index (χ2v) is 6.54. The number of nitrogens with zero attached hydrogens (tertiary/aromatic N) is 3. The molecule has 2 N–H and O–H groups in total. The van der Waals surface area contributed by atoms with E-state index < -0.39 is 0 Å². The van der Waals surface area contributed by atoms with Gasteiger partial charge in [0.05, 0.1) is 23.4 Å². The van der Waals surface area contributed by atoms with E-state index in [1.165, 1.54) is 17.8 Å². The van der Waals surface area contributed by atoms with E-state index >= 15 is 0 Å². The lowest BCUT2D eigenvalue weighted by Gasteiger charge is -2.14. The van der Waals surface area contributed by atoms with Gasteiger partial charge >= 0.3 is 0 Å². The number of hydrogen-bond donors (Lipinski definition) is 2. The highest BCUT2D eigenvalue weighted by atomic mass is 16.5. The molecule has 0 unspecified atom stereocenters. The molecule has 6 heteroatoms. The SMILES string of the molecule is Cc1cc(/C=N\Nc2nc3ccccc3[nH]2)c(C)n1C[C@H]1CCCO1. The van der Waals surface area contributed by atoms with Gasteiger partial charge in [-0.2, -0.15) is 5.10 Å². The van der Waals surface area contributed by atoms with Gasteiger partial charge in [0.25, 0.3) is 0 Å². The van der Waals surface area contributed by atoms with Crippen molar-refractivity contribution in [1.29, 1.82) is 0 Å². The summed E-state index contributed by atoms with van der Waals surface area (Å²) in [5, 5.41) is 4.34. The first-order chi connectivity index (χ1) is 12.2. The van der Waals surface area contributed by atoms with Gasteiger partial charge in [0.15, 0.2) is 0 Å². The van der Waals surface area contributed by atoms with Crippen molar-refractivity contribution in [1.82, 2.24) is 14.5 Å². The van der Waals surface area contributed by atoms with Crippen LogP contribution >= 0.6 is 0 Å². The number of rotatable bonds is 5. The van der Waals surface area contributed by atoms with Crippen LogP contribution in [0.25, 0.3) is 11.0 Å². The maximum Gasteiger partial charge on any atom is 0.222 e. The average molecular weight is 337 g/mol. The van der Waals surface area contributed by atoms with Crippen molar-refractivity contribution in [2.45, 2.75) is 39.3 Å². The molecule has 1 aliphatic heterocycles. The summed E-state index contributed by atoms with van der Waals surface area (Å²) < 4.78 is 8.08. The number of anilines is 1. The first kappa shape index (κ1) is 15.9. The Morgan fingerprint density at radius 2 is 2.28 bits per heavy atom. The van der Waals surface area contributed by atoms with Gasteiger partial charge in [-0.15, -0.1) is 0 Å². The van der Waals surface area contributed by atoms with Crippen molar-refractivity contribution >= 4 is 23.2 Å². The molecule has 0 aliphatic carbocycles. The number of fused-ring (bicyclic) bond motifs is 1. The van der Waals surface area contributed by atoms with Gasteiger partial charge in [0, 0.05) is 30.1 Å². The van der Waals surface area contributed by atoms with E-state index in [0.717, 1.165) is 36.2 Å². The Bertz CT molecular complexity index is 869. The van der Waals surface area contributed by atoms with Crippen LogP contribution in [0.15, 0.2) is 35.4 Å². The Balaban J connectivity index is 1.47. The summed E-state index contributed by atoms with van der Waals surface area (Å²) in [5.74, 6) is 0.644. The van der Waals surface area contributed by atoms with E-state index in [1.54, 1.807) is 0 Å². The molecular weight excluding hydrogens is 314 g/mol. The van der Waals surface area contributed by atoms with Gasteiger partial charge in [-0.05, 0) is 44.9 Å². The fourth-order valence-electron chi connectivity index (χ4n) is 3.40. The van der Waals surface area contributed by atoms with Crippen LogP contribution in [0.5, 0.6) is 0 Å². The highest BCUT2D eigenvalue weighted by molar-refractivity contribution is 5.82. The van der Waals surface area contributed by atoms with E-state index in [0.29, 0.717) is 12.1 Å². The van der Waals surface area contributed by atoms with Gasteiger partial charge in [-0.3, -0.25) is 0 Å². The van der Waals surface area contributed by atoms with Crippen molar-refractivity contribution < 1.29 is 4.74 Å². The minimum Gasteiger partial charge on any atom is -0.376 e.